The highest BCUT2D eigenvalue weighted by atomic mass is 16.1. The van der Waals surface area contributed by atoms with Gasteiger partial charge in [0.05, 0.1) is 0 Å². The van der Waals surface area contributed by atoms with Gasteiger partial charge in [-0.3, -0.25) is 4.79 Å². The number of Topliss-reactive ketones (excluding diaryl/α,β-unsaturated/α-hetero) is 1. The van der Waals surface area contributed by atoms with E-state index in [4.69, 9.17) is 0 Å². The fraction of sp³-hybridized carbons (Fsp3) is 0.727. The van der Waals surface area contributed by atoms with E-state index < -0.39 is 0 Å². The van der Waals surface area contributed by atoms with Gasteiger partial charge in [-0.1, -0.05) is 32.4 Å². The van der Waals surface area contributed by atoms with Crippen LogP contribution >= 0.6 is 0 Å². The van der Waals surface area contributed by atoms with Crippen LogP contribution in [0, 0.1) is 5.92 Å². The van der Waals surface area contributed by atoms with Crippen molar-refractivity contribution in [2.45, 2.75) is 47.0 Å². The van der Waals surface area contributed by atoms with Crippen molar-refractivity contribution in [3.63, 3.8) is 0 Å². The van der Waals surface area contributed by atoms with Crippen LogP contribution in [0.15, 0.2) is 11.6 Å². The molecule has 70 valence electrons. The van der Waals surface area contributed by atoms with Gasteiger partial charge >= 0.3 is 0 Å². The molecule has 0 saturated heterocycles. The largest absolute Gasteiger partial charge is 0.299 e. The number of carbonyl (C=O) groups excluding carboxylic acids is 1. The minimum atomic E-state index is 0.205. The molecule has 0 bridgehead atoms. The molecule has 1 heteroatoms. The Kier molecular flexibility index (Phi) is 5.69. The third kappa shape index (κ3) is 4.32. The Morgan fingerprint density at radius 3 is 2.33 bits per heavy atom. The molecular formula is C11H20O. The Balaban J connectivity index is 3.85. The van der Waals surface area contributed by atoms with Gasteiger partial charge in [0, 0.05) is 12.3 Å². The van der Waals surface area contributed by atoms with Gasteiger partial charge in [-0.25, -0.2) is 0 Å². The number of allylic oxidation sites excluding steroid dienone is 2. The zero-order chi connectivity index (χ0) is 9.56. The molecule has 0 aliphatic heterocycles. The lowest BCUT2D eigenvalue weighted by Gasteiger charge is -2.05. The van der Waals surface area contributed by atoms with Crippen LogP contribution in [0.25, 0.3) is 0 Å². The lowest BCUT2D eigenvalue weighted by molar-refractivity contribution is -0.121. The molecule has 0 aromatic carbocycles. The van der Waals surface area contributed by atoms with Gasteiger partial charge in [0.25, 0.3) is 0 Å². The highest BCUT2D eigenvalue weighted by Crippen LogP contribution is 2.09. The number of rotatable bonds is 5. The summed E-state index contributed by atoms with van der Waals surface area (Å²) in [4.78, 5) is 11.2. The van der Waals surface area contributed by atoms with E-state index in [-0.39, 0.29) is 5.92 Å². The molecule has 0 spiro atoms. The van der Waals surface area contributed by atoms with E-state index in [1.54, 1.807) is 0 Å². The van der Waals surface area contributed by atoms with Crippen molar-refractivity contribution in [3.05, 3.63) is 11.6 Å². The molecule has 1 unspecified atom stereocenters. The summed E-state index contributed by atoms with van der Waals surface area (Å²) < 4.78 is 0. The molecule has 1 nitrogen and oxygen atoms in total. The van der Waals surface area contributed by atoms with Gasteiger partial charge in [-0.05, 0) is 19.8 Å². The highest BCUT2D eigenvalue weighted by Gasteiger charge is 2.07. The minimum Gasteiger partial charge on any atom is -0.299 e. The van der Waals surface area contributed by atoms with Gasteiger partial charge in [-0.15, -0.1) is 0 Å². The first kappa shape index (κ1) is 11.4. The van der Waals surface area contributed by atoms with Crippen LogP contribution in [-0.4, -0.2) is 5.78 Å². The second-order valence-electron chi connectivity index (χ2n) is 3.36. The Hall–Kier alpha value is -0.590. The molecular weight excluding hydrogens is 148 g/mol. The standard InChI is InChI=1S/C11H20O/c1-5-9(3)7-8-10(4)11(12)6-2/h7,10H,5-6,8H2,1-4H3. The van der Waals surface area contributed by atoms with Crippen molar-refractivity contribution in [1.82, 2.24) is 0 Å². The third-order valence-electron chi connectivity index (χ3n) is 2.28. The van der Waals surface area contributed by atoms with Crippen molar-refractivity contribution in [2.75, 3.05) is 0 Å². The molecule has 1 atom stereocenters. The summed E-state index contributed by atoms with van der Waals surface area (Å²) in [6, 6.07) is 0. The summed E-state index contributed by atoms with van der Waals surface area (Å²) in [7, 11) is 0. The topological polar surface area (TPSA) is 17.1 Å². The second-order valence-corrected chi connectivity index (χ2v) is 3.36. The van der Waals surface area contributed by atoms with Crippen molar-refractivity contribution in [2.24, 2.45) is 5.92 Å². The fourth-order valence-electron chi connectivity index (χ4n) is 1.00. The molecule has 0 aromatic rings. The smallest absolute Gasteiger partial charge is 0.135 e. The van der Waals surface area contributed by atoms with Gasteiger partial charge in [-0.2, -0.15) is 0 Å². The van der Waals surface area contributed by atoms with Gasteiger partial charge < -0.3 is 0 Å². The lowest BCUT2D eigenvalue weighted by Crippen LogP contribution is -2.08. The van der Waals surface area contributed by atoms with Crippen LogP contribution in [0.5, 0.6) is 0 Å². The summed E-state index contributed by atoms with van der Waals surface area (Å²) in [5.41, 5.74) is 1.38. The molecule has 0 N–H and O–H groups in total. The normalized spacial score (nSPS) is 14.5. The predicted octanol–water partition coefficient (Wildman–Crippen LogP) is 3.35. The first-order valence-corrected chi connectivity index (χ1v) is 4.80. The zero-order valence-corrected chi connectivity index (χ0v) is 8.68. The molecule has 0 aliphatic carbocycles. The van der Waals surface area contributed by atoms with Gasteiger partial charge in [0.1, 0.15) is 5.78 Å². The molecule has 0 saturated carbocycles. The Labute approximate surface area is 75.9 Å². The van der Waals surface area contributed by atoms with Crippen molar-refractivity contribution >= 4 is 5.78 Å². The average Bonchev–Trinajstić information content (AvgIpc) is 2.11. The Morgan fingerprint density at radius 1 is 1.33 bits per heavy atom. The van der Waals surface area contributed by atoms with Crippen LogP contribution in [0.1, 0.15) is 47.0 Å². The Morgan fingerprint density at radius 2 is 1.92 bits per heavy atom. The van der Waals surface area contributed by atoms with E-state index in [0.29, 0.717) is 12.2 Å². The maximum atomic E-state index is 11.2. The zero-order valence-electron chi connectivity index (χ0n) is 8.68. The molecule has 12 heavy (non-hydrogen) atoms. The van der Waals surface area contributed by atoms with Crippen LogP contribution in [0.4, 0.5) is 0 Å². The molecule has 0 fully saturated rings. The molecule has 0 rings (SSSR count). The lowest BCUT2D eigenvalue weighted by atomic mass is 9.99. The van der Waals surface area contributed by atoms with E-state index >= 15 is 0 Å². The molecule has 0 heterocycles. The van der Waals surface area contributed by atoms with Crippen LogP contribution in [0.3, 0.4) is 0 Å². The summed E-state index contributed by atoms with van der Waals surface area (Å²) in [6.45, 7) is 8.18. The van der Waals surface area contributed by atoms with Gasteiger partial charge in [0.15, 0.2) is 0 Å². The first-order chi connectivity index (χ1) is 5.61. The van der Waals surface area contributed by atoms with Gasteiger partial charge in [0.2, 0.25) is 0 Å². The van der Waals surface area contributed by atoms with E-state index in [1.165, 1.54) is 5.57 Å². The minimum absolute atomic E-state index is 0.205. The molecule has 0 amide bonds. The van der Waals surface area contributed by atoms with Crippen molar-refractivity contribution in [1.29, 1.82) is 0 Å². The quantitative estimate of drug-likeness (QED) is 0.575. The number of hydrogen-bond donors (Lipinski definition) is 0. The van der Waals surface area contributed by atoms with E-state index in [1.807, 2.05) is 13.8 Å². The summed E-state index contributed by atoms with van der Waals surface area (Å²) in [5, 5.41) is 0. The summed E-state index contributed by atoms with van der Waals surface area (Å²) >= 11 is 0. The number of ketones is 1. The van der Waals surface area contributed by atoms with Crippen LogP contribution < -0.4 is 0 Å². The molecule has 0 aliphatic rings. The third-order valence-corrected chi connectivity index (χ3v) is 2.28. The average molecular weight is 168 g/mol. The number of hydrogen-bond acceptors (Lipinski definition) is 1. The predicted molar refractivity (Wildman–Crippen MR) is 53.1 cm³/mol. The molecule has 0 aromatic heterocycles. The highest BCUT2D eigenvalue weighted by molar-refractivity contribution is 5.80. The molecule has 0 radical (unpaired) electrons. The van der Waals surface area contributed by atoms with E-state index in [0.717, 1.165) is 12.8 Å². The van der Waals surface area contributed by atoms with Crippen LogP contribution in [-0.2, 0) is 4.79 Å². The maximum absolute atomic E-state index is 11.2. The van der Waals surface area contributed by atoms with E-state index in [2.05, 4.69) is 19.9 Å². The van der Waals surface area contributed by atoms with Crippen molar-refractivity contribution < 1.29 is 4.79 Å². The monoisotopic (exact) mass is 168 g/mol. The summed E-state index contributed by atoms with van der Waals surface area (Å²) in [5.74, 6) is 0.576. The second kappa shape index (κ2) is 5.99. The first-order valence-electron chi connectivity index (χ1n) is 4.80. The van der Waals surface area contributed by atoms with E-state index in [9.17, 15) is 4.79 Å². The maximum Gasteiger partial charge on any atom is 0.135 e. The summed E-state index contributed by atoms with van der Waals surface area (Å²) in [6.07, 6.45) is 4.85. The Bertz CT molecular complexity index is 168. The van der Waals surface area contributed by atoms with Crippen LogP contribution in [0.2, 0.25) is 0 Å². The fourth-order valence-corrected chi connectivity index (χ4v) is 1.00. The SMILES string of the molecule is CCC(=O)C(C)CC=C(C)CC. The van der Waals surface area contributed by atoms with Crippen molar-refractivity contribution in [3.8, 4) is 0 Å². The number of carbonyl (C=O) groups is 1.